The standard InChI is InChI=1S/C31H53N3O4/c1-12-15-16-20-32-27(35)26(24-19-17-18-22(5)23(24)6)34(31(10,11)14-3)28(36)25(21(4)13-2)33-29(37)38-30(7,8)9/h17-19,21,25-26H,12-16,20H2,1-11H3,(H,32,35)(H,33,37). The summed E-state index contributed by atoms with van der Waals surface area (Å²) in [5.41, 5.74) is 1.47. The summed E-state index contributed by atoms with van der Waals surface area (Å²) < 4.78 is 5.51. The Morgan fingerprint density at radius 3 is 2.16 bits per heavy atom. The molecule has 0 spiro atoms. The molecule has 0 saturated carbocycles. The topological polar surface area (TPSA) is 87.7 Å². The first kappa shape index (κ1) is 33.5. The van der Waals surface area contributed by atoms with Crippen LogP contribution in [-0.4, -0.2) is 46.5 Å². The fourth-order valence-electron chi connectivity index (χ4n) is 4.36. The van der Waals surface area contributed by atoms with Gasteiger partial charge in [0.05, 0.1) is 0 Å². The molecule has 1 aromatic carbocycles. The van der Waals surface area contributed by atoms with Crippen LogP contribution in [0.15, 0.2) is 18.2 Å². The Morgan fingerprint density at radius 1 is 1.00 bits per heavy atom. The number of nitrogens with one attached hydrogen (secondary N) is 2. The van der Waals surface area contributed by atoms with E-state index in [9.17, 15) is 14.4 Å². The molecule has 38 heavy (non-hydrogen) atoms. The molecule has 1 rings (SSSR count). The van der Waals surface area contributed by atoms with E-state index in [1.807, 2.05) is 66.7 Å². The molecule has 3 atom stereocenters. The minimum absolute atomic E-state index is 0.169. The van der Waals surface area contributed by atoms with Crippen LogP contribution in [0.2, 0.25) is 0 Å². The fraction of sp³-hybridized carbons (Fsp3) is 0.710. The molecule has 0 aliphatic rings. The van der Waals surface area contributed by atoms with Crippen LogP contribution in [0.25, 0.3) is 0 Å². The molecule has 0 aromatic heterocycles. The van der Waals surface area contributed by atoms with Gasteiger partial charge in [-0.3, -0.25) is 9.59 Å². The smallest absolute Gasteiger partial charge is 0.408 e. The van der Waals surface area contributed by atoms with E-state index < -0.39 is 29.3 Å². The number of nitrogens with zero attached hydrogens (tertiary/aromatic N) is 1. The van der Waals surface area contributed by atoms with E-state index in [4.69, 9.17) is 4.74 Å². The van der Waals surface area contributed by atoms with Crippen molar-refractivity contribution in [2.45, 2.75) is 131 Å². The van der Waals surface area contributed by atoms with Crippen LogP contribution in [0.1, 0.15) is 117 Å². The van der Waals surface area contributed by atoms with Gasteiger partial charge in [0.2, 0.25) is 11.8 Å². The number of benzene rings is 1. The highest BCUT2D eigenvalue weighted by molar-refractivity contribution is 5.93. The number of hydrogen-bond acceptors (Lipinski definition) is 4. The van der Waals surface area contributed by atoms with E-state index in [1.54, 1.807) is 25.7 Å². The summed E-state index contributed by atoms with van der Waals surface area (Å²) >= 11 is 0. The molecule has 3 amide bonds. The van der Waals surface area contributed by atoms with Gasteiger partial charge in [0.1, 0.15) is 17.7 Å². The lowest BCUT2D eigenvalue weighted by atomic mass is 9.87. The number of carbonyl (C=O) groups is 3. The maximum absolute atomic E-state index is 14.5. The fourth-order valence-corrected chi connectivity index (χ4v) is 4.36. The normalized spacial score (nSPS) is 14.3. The zero-order chi connectivity index (χ0) is 29.3. The predicted octanol–water partition coefficient (Wildman–Crippen LogP) is 6.61. The van der Waals surface area contributed by atoms with Gasteiger partial charge in [-0.1, -0.05) is 65.2 Å². The summed E-state index contributed by atoms with van der Waals surface area (Å²) in [6.07, 6.45) is 3.61. The number of unbranched alkanes of at least 4 members (excludes halogenated alkanes) is 2. The van der Waals surface area contributed by atoms with E-state index in [-0.39, 0.29) is 17.7 Å². The lowest BCUT2D eigenvalue weighted by Gasteiger charge is -2.45. The summed E-state index contributed by atoms with van der Waals surface area (Å²) in [6.45, 7) is 21.9. The highest BCUT2D eigenvalue weighted by Crippen LogP contribution is 2.35. The van der Waals surface area contributed by atoms with Crippen molar-refractivity contribution in [3.63, 3.8) is 0 Å². The second kappa shape index (κ2) is 14.5. The molecule has 0 aliphatic carbocycles. The van der Waals surface area contributed by atoms with Crippen LogP contribution in [0.5, 0.6) is 0 Å². The Labute approximate surface area is 231 Å². The first-order valence-corrected chi connectivity index (χ1v) is 14.3. The lowest BCUT2D eigenvalue weighted by molar-refractivity contribution is -0.150. The summed E-state index contributed by atoms with van der Waals surface area (Å²) in [5.74, 6) is -0.659. The molecule has 0 fully saturated rings. The quantitative estimate of drug-likeness (QED) is 0.280. The average Bonchev–Trinajstić information content (AvgIpc) is 2.83. The SMILES string of the molecule is CCCCCNC(=O)C(c1cccc(C)c1C)N(C(=O)C(NC(=O)OC(C)(C)C)C(C)CC)C(C)(C)CC. The van der Waals surface area contributed by atoms with Gasteiger partial charge in [0, 0.05) is 12.1 Å². The average molecular weight is 532 g/mol. The van der Waals surface area contributed by atoms with Gasteiger partial charge in [-0.2, -0.15) is 0 Å². The minimum atomic E-state index is -0.846. The first-order valence-electron chi connectivity index (χ1n) is 14.3. The predicted molar refractivity (Wildman–Crippen MR) is 155 cm³/mol. The van der Waals surface area contributed by atoms with Crippen LogP contribution in [0.4, 0.5) is 4.79 Å². The third-order valence-corrected chi connectivity index (χ3v) is 7.43. The monoisotopic (exact) mass is 531 g/mol. The number of rotatable bonds is 13. The molecule has 0 radical (unpaired) electrons. The third kappa shape index (κ3) is 9.32. The van der Waals surface area contributed by atoms with Crippen molar-refractivity contribution in [3.8, 4) is 0 Å². The third-order valence-electron chi connectivity index (χ3n) is 7.43. The van der Waals surface area contributed by atoms with Gasteiger partial charge in [0.25, 0.3) is 0 Å². The molecule has 7 nitrogen and oxygen atoms in total. The minimum Gasteiger partial charge on any atom is -0.444 e. The van der Waals surface area contributed by atoms with Crippen molar-refractivity contribution >= 4 is 17.9 Å². The van der Waals surface area contributed by atoms with Gasteiger partial charge in [-0.05, 0) is 83.9 Å². The first-order chi connectivity index (χ1) is 17.6. The van der Waals surface area contributed by atoms with Crippen LogP contribution in [0, 0.1) is 19.8 Å². The molecule has 0 bridgehead atoms. The Kier molecular flexibility index (Phi) is 12.8. The highest BCUT2D eigenvalue weighted by atomic mass is 16.6. The molecule has 1 aromatic rings. The van der Waals surface area contributed by atoms with Gasteiger partial charge >= 0.3 is 6.09 Å². The number of hydrogen-bond donors (Lipinski definition) is 2. The molecular formula is C31H53N3O4. The van der Waals surface area contributed by atoms with Crippen LogP contribution in [-0.2, 0) is 14.3 Å². The van der Waals surface area contributed by atoms with E-state index in [0.717, 1.165) is 36.0 Å². The molecule has 0 saturated heterocycles. The summed E-state index contributed by atoms with van der Waals surface area (Å²) in [6, 6.07) is 4.19. The number of aryl methyl sites for hydroxylation is 1. The molecule has 216 valence electrons. The molecule has 0 heterocycles. The van der Waals surface area contributed by atoms with Crippen molar-refractivity contribution in [2.75, 3.05) is 6.54 Å². The van der Waals surface area contributed by atoms with Crippen molar-refractivity contribution in [1.29, 1.82) is 0 Å². The largest absolute Gasteiger partial charge is 0.444 e. The van der Waals surface area contributed by atoms with Crippen LogP contribution in [0.3, 0.4) is 0 Å². The molecule has 3 unspecified atom stereocenters. The Hall–Kier alpha value is -2.57. The second-order valence-corrected chi connectivity index (χ2v) is 12.1. The van der Waals surface area contributed by atoms with Crippen molar-refractivity contribution < 1.29 is 19.1 Å². The van der Waals surface area contributed by atoms with Gasteiger partial charge in [-0.15, -0.1) is 0 Å². The number of amides is 3. The molecule has 0 aliphatic heterocycles. The van der Waals surface area contributed by atoms with Gasteiger partial charge in [0.15, 0.2) is 0 Å². The van der Waals surface area contributed by atoms with E-state index in [0.29, 0.717) is 19.4 Å². The molecule has 2 N–H and O–H groups in total. The van der Waals surface area contributed by atoms with Crippen molar-refractivity contribution in [2.24, 2.45) is 5.92 Å². The Bertz CT molecular complexity index is 936. The van der Waals surface area contributed by atoms with Crippen molar-refractivity contribution in [3.05, 3.63) is 34.9 Å². The zero-order valence-electron chi connectivity index (χ0n) is 25.8. The van der Waals surface area contributed by atoms with Gasteiger partial charge < -0.3 is 20.3 Å². The second-order valence-electron chi connectivity index (χ2n) is 12.1. The molecule has 7 heteroatoms. The zero-order valence-corrected chi connectivity index (χ0v) is 25.8. The number of ether oxygens (including phenoxy) is 1. The van der Waals surface area contributed by atoms with Crippen LogP contribution >= 0.6 is 0 Å². The number of carbonyl (C=O) groups excluding carboxylic acids is 3. The summed E-state index contributed by atoms with van der Waals surface area (Å²) in [7, 11) is 0. The lowest BCUT2D eigenvalue weighted by Crippen LogP contribution is -2.60. The Balaban J connectivity index is 3.69. The number of alkyl carbamates (subject to hydrolysis) is 1. The summed E-state index contributed by atoms with van der Waals surface area (Å²) in [5, 5.41) is 5.95. The van der Waals surface area contributed by atoms with Gasteiger partial charge in [-0.25, -0.2) is 4.79 Å². The summed E-state index contributed by atoms with van der Waals surface area (Å²) in [4.78, 5) is 43.0. The van der Waals surface area contributed by atoms with Crippen molar-refractivity contribution in [1.82, 2.24) is 15.5 Å². The van der Waals surface area contributed by atoms with E-state index in [1.165, 1.54) is 0 Å². The maximum atomic E-state index is 14.5. The maximum Gasteiger partial charge on any atom is 0.408 e. The Morgan fingerprint density at radius 2 is 1.63 bits per heavy atom. The highest BCUT2D eigenvalue weighted by Gasteiger charge is 2.44. The van der Waals surface area contributed by atoms with E-state index >= 15 is 0 Å². The van der Waals surface area contributed by atoms with Crippen LogP contribution < -0.4 is 10.6 Å². The molecular weight excluding hydrogens is 478 g/mol. The van der Waals surface area contributed by atoms with E-state index in [2.05, 4.69) is 17.6 Å².